The van der Waals surface area contributed by atoms with Gasteiger partial charge in [0, 0.05) is 11.3 Å². The van der Waals surface area contributed by atoms with Gasteiger partial charge in [0.15, 0.2) is 17.3 Å². The summed E-state index contributed by atoms with van der Waals surface area (Å²) in [5.41, 5.74) is 1.33. The van der Waals surface area contributed by atoms with Crippen molar-refractivity contribution in [2.45, 2.75) is 6.92 Å². The second kappa shape index (κ2) is 6.14. The zero-order valence-electron chi connectivity index (χ0n) is 12.2. The third-order valence-corrected chi connectivity index (χ3v) is 3.09. The average molecular weight is 308 g/mol. The number of benzene rings is 1. The van der Waals surface area contributed by atoms with Gasteiger partial charge in [0.25, 0.3) is 5.91 Å². The molecule has 3 rings (SSSR count). The molecule has 0 aliphatic heterocycles. The molecule has 1 N–H and O–H groups in total. The molecule has 1 aromatic carbocycles. The third kappa shape index (κ3) is 3.26. The first-order valence-electron chi connectivity index (χ1n) is 6.74. The van der Waals surface area contributed by atoms with E-state index in [4.69, 9.17) is 0 Å². The fraction of sp³-hybridized carbons (Fsp3) is 0.0667. The Bertz CT molecular complexity index is 825. The number of carbonyl (C=O) groups is 2. The van der Waals surface area contributed by atoms with E-state index in [-0.39, 0.29) is 11.5 Å². The van der Waals surface area contributed by atoms with E-state index in [1.807, 2.05) is 0 Å². The molecule has 0 aliphatic rings. The topological polar surface area (TPSA) is 103 Å². The van der Waals surface area contributed by atoms with Crippen LogP contribution in [0, 0.1) is 0 Å². The van der Waals surface area contributed by atoms with Gasteiger partial charge >= 0.3 is 0 Å². The van der Waals surface area contributed by atoms with Gasteiger partial charge in [-0.3, -0.25) is 9.59 Å². The number of aromatic nitrogens is 5. The summed E-state index contributed by atoms with van der Waals surface area (Å²) >= 11 is 0. The van der Waals surface area contributed by atoms with E-state index in [2.05, 4.69) is 25.6 Å². The fourth-order valence-corrected chi connectivity index (χ4v) is 1.88. The zero-order chi connectivity index (χ0) is 16.2. The van der Waals surface area contributed by atoms with Crippen molar-refractivity contribution in [1.29, 1.82) is 0 Å². The summed E-state index contributed by atoms with van der Waals surface area (Å²) in [5, 5.41) is 14.4. The van der Waals surface area contributed by atoms with Crippen molar-refractivity contribution < 1.29 is 9.59 Å². The molecule has 8 nitrogen and oxygen atoms in total. The Morgan fingerprint density at radius 2 is 1.83 bits per heavy atom. The number of Topliss-reactive ketones (excluding diaryl/α,β-unsaturated/α-hetero) is 1. The third-order valence-electron chi connectivity index (χ3n) is 3.09. The average Bonchev–Trinajstić information content (AvgIpc) is 3.10. The number of nitrogens with one attached hydrogen (secondary N) is 1. The Morgan fingerprint density at radius 1 is 1.04 bits per heavy atom. The Hall–Kier alpha value is -3.42. The molecule has 1 amide bonds. The van der Waals surface area contributed by atoms with Crippen LogP contribution >= 0.6 is 0 Å². The van der Waals surface area contributed by atoms with Crippen LogP contribution in [0.4, 0.5) is 5.69 Å². The quantitative estimate of drug-likeness (QED) is 0.733. The summed E-state index contributed by atoms with van der Waals surface area (Å²) in [6.07, 6.45) is 2.87. The van der Waals surface area contributed by atoms with E-state index < -0.39 is 5.91 Å². The van der Waals surface area contributed by atoms with Crippen molar-refractivity contribution in [3.8, 4) is 5.82 Å². The SMILES string of the molecule is CC(=O)c1ccc(NC(=O)c2ccc(-n3cncn3)nn2)cc1. The highest BCUT2D eigenvalue weighted by Gasteiger charge is 2.10. The van der Waals surface area contributed by atoms with Gasteiger partial charge in [-0.1, -0.05) is 0 Å². The predicted molar refractivity (Wildman–Crippen MR) is 81.3 cm³/mol. The number of ketones is 1. The summed E-state index contributed by atoms with van der Waals surface area (Å²) in [5.74, 6) is 0.0421. The Labute approximate surface area is 131 Å². The highest BCUT2D eigenvalue weighted by Crippen LogP contribution is 2.11. The molecule has 0 saturated carbocycles. The van der Waals surface area contributed by atoms with Crippen LogP contribution in [0.2, 0.25) is 0 Å². The number of rotatable bonds is 4. The maximum absolute atomic E-state index is 12.1. The lowest BCUT2D eigenvalue weighted by Crippen LogP contribution is -2.15. The van der Waals surface area contributed by atoms with Gasteiger partial charge in [0.05, 0.1) is 0 Å². The minimum Gasteiger partial charge on any atom is -0.321 e. The van der Waals surface area contributed by atoms with Gasteiger partial charge in [-0.2, -0.15) is 5.10 Å². The van der Waals surface area contributed by atoms with E-state index in [1.54, 1.807) is 36.4 Å². The van der Waals surface area contributed by atoms with E-state index in [0.717, 1.165) is 0 Å². The summed E-state index contributed by atoms with van der Waals surface area (Å²) in [7, 11) is 0. The minimum absolute atomic E-state index is 0.0301. The first-order chi connectivity index (χ1) is 11.1. The zero-order valence-corrected chi connectivity index (χ0v) is 12.2. The van der Waals surface area contributed by atoms with Crippen LogP contribution in [0.25, 0.3) is 5.82 Å². The molecule has 0 atom stereocenters. The molecule has 0 unspecified atom stereocenters. The van der Waals surface area contributed by atoms with Crippen molar-refractivity contribution in [3.63, 3.8) is 0 Å². The van der Waals surface area contributed by atoms with Crippen molar-refractivity contribution in [1.82, 2.24) is 25.0 Å². The van der Waals surface area contributed by atoms with E-state index in [0.29, 0.717) is 17.1 Å². The maximum Gasteiger partial charge on any atom is 0.276 e. The lowest BCUT2D eigenvalue weighted by atomic mass is 10.1. The summed E-state index contributed by atoms with van der Waals surface area (Å²) in [6.45, 7) is 1.49. The number of anilines is 1. The van der Waals surface area contributed by atoms with Crippen LogP contribution in [0.3, 0.4) is 0 Å². The molecule has 0 aliphatic carbocycles. The molecule has 0 spiro atoms. The molecule has 114 valence electrons. The molecule has 0 radical (unpaired) electrons. The number of amides is 1. The molecular formula is C15H12N6O2. The molecule has 3 aromatic rings. The molecular weight excluding hydrogens is 296 g/mol. The van der Waals surface area contributed by atoms with Crippen LogP contribution in [-0.2, 0) is 0 Å². The number of hydrogen-bond acceptors (Lipinski definition) is 6. The van der Waals surface area contributed by atoms with Crippen LogP contribution in [0.15, 0.2) is 49.1 Å². The summed E-state index contributed by atoms with van der Waals surface area (Å²) < 4.78 is 1.44. The molecule has 2 heterocycles. The Morgan fingerprint density at radius 3 is 2.39 bits per heavy atom. The van der Waals surface area contributed by atoms with Gasteiger partial charge in [0.2, 0.25) is 0 Å². The highest BCUT2D eigenvalue weighted by molar-refractivity contribution is 6.03. The summed E-state index contributed by atoms with van der Waals surface area (Å²) in [6, 6.07) is 9.78. The second-order valence-corrected chi connectivity index (χ2v) is 4.70. The molecule has 8 heteroatoms. The second-order valence-electron chi connectivity index (χ2n) is 4.70. The monoisotopic (exact) mass is 308 g/mol. The lowest BCUT2D eigenvalue weighted by molar-refractivity contribution is 0.101. The normalized spacial score (nSPS) is 10.3. The molecule has 0 fully saturated rings. The van der Waals surface area contributed by atoms with Gasteiger partial charge in [-0.25, -0.2) is 9.67 Å². The van der Waals surface area contributed by atoms with Gasteiger partial charge in [0.1, 0.15) is 12.7 Å². The van der Waals surface area contributed by atoms with Crippen LogP contribution in [0.1, 0.15) is 27.8 Å². The molecule has 0 bridgehead atoms. The smallest absolute Gasteiger partial charge is 0.276 e. The van der Waals surface area contributed by atoms with E-state index >= 15 is 0 Å². The van der Waals surface area contributed by atoms with Crippen molar-refractivity contribution in [2.24, 2.45) is 0 Å². The van der Waals surface area contributed by atoms with Crippen LogP contribution in [0.5, 0.6) is 0 Å². The largest absolute Gasteiger partial charge is 0.321 e. The van der Waals surface area contributed by atoms with Crippen LogP contribution < -0.4 is 5.32 Å². The minimum atomic E-state index is -0.391. The highest BCUT2D eigenvalue weighted by atomic mass is 16.2. The number of carbonyl (C=O) groups excluding carboxylic acids is 2. The molecule has 2 aromatic heterocycles. The van der Waals surface area contributed by atoms with Crippen LogP contribution in [-0.4, -0.2) is 36.7 Å². The standard InChI is InChI=1S/C15H12N6O2/c1-10(22)11-2-4-12(5-3-11)18-15(23)13-6-7-14(20-19-13)21-9-16-8-17-21/h2-9H,1H3,(H,18,23). The van der Waals surface area contributed by atoms with Crippen molar-refractivity contribution in [3.05, 3.63) is 60.3 Å². The molecule has 0 saturated heterocycles. The predicted octanol–water partition coefficient (Wildman–Crippen LogP) is 1.51. The van der Waals surface area contributed by atoms with E-state index in [9.17, 15) is 9.59 Å². The van der Waals surface area contributed by atoms with Gasteiger partial charge in [-0.05, 0) is 43.3 Å². The number of nitrogens with zero attached hydrogens (tertiary/aromatic N) is 5. The lowest BCUT2D eigenvalue weighted by Gasteiger charge is -2.05. The Kier molecular flexibility index (Phi) is 3.88. The first kappa shape index (κ1) is 14.5. The maximum atomic E-state index is 12.1. The van der Waals surface area contributed by atoms with Gasteiger partial charge < -0.3 is 5.32 Å². The Balaban J connectivity index is 1.71. The summed E-state index contributed by atoms with van der Waals surface area (Å²) in [4.78, 5) is 27.1. The molecule has 23 heavy (non-hydrogen) atoms. The fourth-order valence-electron chi connectivity index (χ4n) is 1.88. The first-order valence-corrected chi connectivity index (χ1v) is 6.74. The van der Waals surface area contributed by atoms with Crippen molar-refractivity contribution in [2.75, 3.05) is 5.32 Å². The van der Waals surface area contributed by atoms with Gasteiger partial charge in [-0.15, -0.1) is 10.2 Å². The van der Waals surface area contributed by atoms with E-state index in [1.165, 1.54) is 24.3 Å². The number of hydrogen-bond donors (Lipinski definition) is 1. The van der Waals surface area contributed by atoms with Crippen molar-refractivity contribution >= 4 is 17.4 Å².